The molecule has 1 aromatic heterocycles. The van der Waals surface area contributed by atoms with Crippen molar-refractivity contribution in [2.24, 2.45) is 5.92 Å². The molecule has 4 heteroatoms. The number of hydrogen-bond acceptors (Lipinski definition) is 2. The maximum atomic E-state index is 13.1. The monoisotopic (exact) mass is 279 g/mol. The maximum Gasteiger partial charge on any atom is 0.125 e. The molecular formula is C15H15ClFNO. The SMILES string of the molecule is CC1CC1c1ccc(CNc2cc(F)ccc2Cl)o1. The van der Waals surface area contributed by atoms with E-state index in [-0.39, 0.29) is 5.82 Å². The third-order valence-corrected chi connectivity index (χ3v) is 3.87. The van der Waals surface area contributed by atoms with Gasteiger partial charge in [0.05, 0.1) is 17.3 Å². The Balaban J connectivity index is 1.65. The van der Waals surface area contributed by atoms with Crippen molar-refractivity contribution in [3.05, 3.63) is 52.7 Å². The average molecular weight is 280 g/mol. The molecule has 2 nitrogen and oxygen atoms in total. The van der Waals surface area contributed by atoms with Crippen LogP contribution in [0.15, 0.2) is 34.7 Å². The predicted molar refractivity (Wildman–Crippen MR) is 74.0 cm³/mol. The normalized spacial score (nSPS) is 21.4. The van der Waals surface area contributed by atoms with Crippen molar-refractivity contribution < 1.29 is 8.81 Å². The number of halogens is 2. The van der Waals surface area contributed by atoms with E-state index in [1.165, 1.54) is 18.6 Å². The minimum atomic E-state index is -0.307. The van der Waals surface area contributed by atoms with Crippen molar-refractivity contribution in [1.82, 2.24) is 0 Å². The van der Waals surface area contributed by atoms with E-state index in [0.29, 0.717) is 23.2 Å². The Morgan fingerprint density at radius 2 is 2.16 bits per heavy atom. The fraction of sp³-hybridized carbons (Fsp3) is 0.333. The van der Waals surface area contributed by atoms with E-state index in [1.807, 2.05) is 12.1 Å². The topological polar surface area (TPSA) is 25.2 Å². The molecule has 1 aliphatic rings. The molecular weight excluding hydrogens is 265 g/mol. The summed E-state index contributed by atoms with van der Waals surface area (Å²) in [6, 6.07) is 8.25. The summed E-state index contributed by atoms with van der Waals surface area (Å²) in [7, 11) is 0. The van der Waals surface area contributed by atoms with Gasteiger partial charge in [-0.3, -0.25) is 0 Å². The highest BCUT2D eigenvalue weighted by atomic mass is 35.5. The van der Waals surface area contributed by atoms with Crippen molar-refractivity contribution in [2.45, 2.75) is 25.8 Å². The zero-order valence-corrected chi connectivity index (χ0v) is 11.4. The third-order valence-electron chi connectivity index (χ3n) is 3.54. The highest BCUT2D eigenvalue weighted by molar-refractivity contribution is 6.33. The first-order valence-corrected chi connectivity index (χ1v) is 6.79. The number of nitrogens with one attached hydrogen (secondary N) is 1. The van der Waals surface area contributed by atoms with Crippen LogP contribution >= 0.6 is 11.6 Å². The summed E-state index contributed by atoms with van der Waals surface area (Å²) in [6.07, 6.45) is 1.20. The highest BCUT2D eigenvalue weighted by Crippen LogP contribution is 2.47. The average Bonchev–Trinajstić information content (AvgIpc) is 2.93. The number of rotatable bonds is 4. The predicted octanol–water partition coefficient (Wildman–Crippen LogP) is 4.81. The van der Waals surface area contributed by atoms with Crippen molar-refractivity contribution in [2.75, 3.05) is 5.32 Å². The lowest BCUT2D eigenvalue weighted by Crippen LogP contribution is -1.99. The van der Waals surface area contributed by atoms with Crippen LogP contribution in [0.5, 0.6) is 0 Å². The summed E-state index contributed by atoms with van der Waals surface area (Å²) in [4.78, 5) is 0. The lowest BCUT2D eigenvalue weighted by Gasteiger charge is -2.06. The standard InChI is InChI=1S/C15H15ClFNO/c1-9-6-12(9)15-5-3-11(19-15)8-18-14-7-10(17)2-4-13(14)16/h2-5,7,9,12,18H,6,8H2,1H3. The van der Waals surface area contributed by atoms with E-state index in [1.54, 1.807) is 6.07 Å². The zero-order chi connectivity index (χ0) is 13.4. The molecule has 1 aliphatic carbocycles. The Bertz CT molecular complexity index is 596. The van der Waals surface area contributed by atoms with Crippen molar-refractivity contribution in [3.63, 3.8) is 0 Å². The minimum absolute atomic E-state index is 0.307. The Kier molecular flexibility index (Phi) is 3.23. The highest BCUT2D eigenvalue weighted by Gasteiger charge is 2.36. The van der Waals surface area contributed by atoms with Crippen LogP contribution in [0, 0.1) is 11.7 Å². The van der Waals surface area contributed by atoms with E-state index in [9.17, 15) is 4.39 Å². The Labute approximate surface area is 116 Å². The molecule has 0 saturated heterocycles. The number of benzene rings is 1. The van der Waals surface area contributed by atoms with Crippen LogP contribution in [0.2, 0.25) is 5.02 Å². The van der Waals surface area contributed by atoms with Gasteiger partial charge in [0.15, 0.2) is 0 Å². The van der Waals surface area contributed by atoms with Crippen LogP contribution in [0.25, 0.3) is 0 Å². The second-order valence-corrected chi connectivity index (χ2v) is 5.51. The van der Waals surface area contributed by atoms with E-state index in [4.69, 9.17) is 16.0 Å². The van der Waals surface area contributed by atoms with Gasteiger partial charge < -0.3 is 9.73 Å². The Hall–Kier alpha value is -1.48. The molecule has 2 aromatic rings. The van der Waals surface area contributed by atoms with Crippen molar-refractivity contribution >= 4 is 17.3 Å². The van der Waals surface area contributed by atoms with Crippen molar-refractivity contribution in [3.8, 4) is 0 Å². The molecule has 0 aliphatic heterocycles. The maximum absolute atomic E-state index is 13.1. The van der Waals surface area contributed by atoms with Gasteiger partial charge in [0.2, 0.25) is 0 Å². The molecule has 0 amide bonds. The van der Waals surface area contributed by atoms with Crippen LogP contribution in [-0.4, -0.2) is 0 Å². The third kappa shape index (κ3) is 2.76. The second-order valence-electron chi connectivity index (χ2n) is 5.10. The van der Waals surface area contributed by atoms with Gasteiger partial charge in [0, 0.05) is 5.92 Å². The smallest absolute Gasteiger partial charge is 0.125 e. The molecule has 19 heavy (non-hydrogen) atoms. The lowest BCUT2D eigenvalue weighted by atomic mass is 10.3. The van der Waals surface area contributed by atoms with Crippen LogP contribution in [-0.2, 0) is 6.54 Å². The van der Waals surface area contributed by atoms with Crippen LogP contribution < -0.4 is 5.32 Å². The van der Waals surface area contributed by atoms with Gasteiger partial charge in [-0.1, -0.05) is 18.5 Å². The van der Waals surface area contributed by atoms with Gasteiger partial charge in [-0.2, -0.15) is 0 Å². The fourth-order valence-electron chi connectivity index (χ4n) is 2.22. The molecule has 100 valence electrons. The van der Waals surface area contributed by atoms with E-state index in [0.717, 1.165) is 17.4 Å². The molecule has 1 heterocycles. The molecule has 2 atom stereocenters. The van der Waals surface area contributed by atoms with Gasteiger partial charge in [-0.05, 0) is 42.7 Å². The fourth-order valence-corrected chi connectivity index (χ4v) is 2.41. The van der Waals surface area contributed by atoms with E-state index < -0.39 is 0 Å². The van der Waals surface area contributed by atoms with Gasteiger partial charge in [-0.25, -0.2) is 4.39 Å². The molecule has 1 saturated carbocycles. The Morgan fingerprint density at radius 3 is 2.89 bits per heavy atom. The van der Waals surface area contributed by atoms with Crippen LogP contribution in [0.4, 0.5) is 10.1 Å². The number of anilines is 1. The molecule has 1 fully saturated rings. The first-order chi connectivity index (χ1) is 9.13. The second kappa shape index (κ2) is 4.89. The molecule has 3 rings (SSSR count). The molecule has 0 bridgehead atoms. The summed E-state index contributed by atoms with van der Waals surface area (Å²) in [5.74, 6) is 2.89. The summed E-state index contributed by atoms with van der Waals surface area (Å²) < 4.78 is 18.9. The zero-order valence-electron chi connectivity index (χ0n) is 10.6. The summed E-state index contributed by atoms with van der Waals surface area (Å²) in [6.45, 7) is 2.72. The molecule has 0 radical (unpaired) electrons. The van der Waals surface area contributed by atoms with Crippen LogP contribution in [0.3, 0.4) is 0 Å². The summed E-state index contributed by atoms with van der Waals surface area (Å²) in [5.41, 5.74) is 0.583. The number of furan rings is 1. The van der Waals surface area contributed by atoms with Gasteiger partial charge in [0.1, 0.15) is 17.3 Å². The van der Waals surface area contributed by atoms with Gasteiger partial charge in [0.25, 0.3) is 0 Å². The van der Waals surface area contributed by atoms with E-state index in [2.05, 4.69) is 12.2 Å². The largest absolute Gasteiger partial charge is 0.464 e. The quantitative estimate of drug-likeness (QED) is 0.869. The summed E-state index contributed by atoms with van der Waals surface area (Å²) in [5, 5.41) is 3.59. The molecule has 2 unspecified atom stereocenters. The molecule has 1 aromatic carbocycles. The van der Waals surface area contributed by atoms with Gasteiger partial charge >= 0.3 is 0 Å². The van der Waals surface area contributed by atoms with Crippen molar-refractivity contribution in [1.29, 1.82) is 0 Å². The summed E-state index contributed by atoms with van der Waals surface area (Å²) >= 11 is 5.99. The first-order valence-electron chi connectivity index (χ1n) is 6.41. The van der Waals surface area contributed by atoms with Crippen LogP contribution in [0.1, 0.15) is 30.8 Å². The lowest BCUT2D eigenvalue weighted by molar-refractivity contribution is 0.468. The molecule has 1 N–H and O–H groups in total. The minimum Gasteiger partial charge on any atom is -0.464 e. The van der Waals surface area contributed by atoms with E-state index >= 15 is 0 Å². The Morgan fingerprint density at radius 1 is 1.37 bits per heavy atom. The molecule has 0 spiro atoms. The van der Waals surface area contributed by atoms with Gasteiger partial charge in [-0.15, -0.1) is 0 Å². The first kappa shape index (κ1) is 12.5. The number of hydrogen-bond donors (Lipinski definition) is 1.